The molecule has 0 saturated heterocycles. The summed E-state index contributed by atoms with van der Waals surface area (Å²) in [6, 6.07) is 33.9. The highest BCUT2D eigenvalue weighted by Crippen LogP contribution is 2.30. The molecule has 1 aromatic heterocycles. The largest absolute Gasteiger partial charge is 0.456 e. The Kier molecular flexibility index (Phi) is 7.79. The van der Waals surface area contributed by atoms with E-state index in [-0.39, 0.29) is 17.6 Å². The molecule has 0 aliphatic rings. The van der Waals surface area contributed by atoms with Crippen molar-refractivity contribution in [3.05, 3.63) is 130 Å². The summed E-state index contributed by atoms with van der Waals surface area (Å²) < 4.78 is 18.3. The van der Waals surface area contributed by atoms with Crippen LogP contribution < -0.4 is 5.43 Å². The van der Waals surface area contributed by atoms with Crippen molar-refractivity contribution in [3.8, 4) is 0 Å². The molecule has 0 spiro atoms. The van der Waals surface area contributed by atoms with E-state index < -0.39 is 0 Å². The predicted molar refractivity (Wildman–Crippen MR) is 149 cm³/mol. The summed E-state index contributed by atoms with van der Waals surface area (Å²) >= 11 is 0. The van der Waals surface area contributed by atoms with Crippen LogP contribution in [0.15, 0.2) is 112 Å². The van der Waals surface area contributed by atoms with Gasteiger partial charge in [0, 0.05) is 7.11 Å². The first-order valence-corrected chi connectivity index (χ1v) is 12.8. The zero-order valence-electron chi connectivity index (χ0n) is 21.3. The van der Waals surface area contributed by atoms with E-state index in [1.165, 1.54) is 0 Å². The van der Waals surface area contributed by atoms with Gasteiger partial charge in [0.2, 0.25) is 5.43 Å². The molecule has 5 rings (SSSR count). The van der Waals surface area contributed by atoms with Gasteiger partial charge < -0.3 is 13.9 Å². The van der Waals surface area contributed by atoms with E-state index in [0.29, 0.717) is 34.5 Å². The molecule has 0 N–H and O–H groups in total. The van der Waals surface area contributed by atoms with Crippen molar-refractivity contribution in [3.63, 3.8) is 0 Å². The molecule has 5 aromatic rings. The van der Waals surface area contributed by atoms with Crippen LogP contribution in [0, 0.1) is 5.92 Å². The average molecular weight is 493 g/mol. The minimum atomic E-state index is -0.124. The van der Waals surface area contributed by atoms with Crippen molar-refractivity contribution in [1.82, 2.24) is 0 Å². The van der Waals surface area contributed by atoms with Crippen LogP contribution in [0.4, 0.5) is 0 Å². The lowest BCUT2D eigenvalue weighted by molar-refractivity contribution is -0.0369. The van der Waals surface area contributed by atoms with E-state index in [1.54, 1.807) is 7.11 Å². The fourth-order valence-electron chi connectivity index (χ4n) is 4.96. The highest BCUT2D eigenvalue weighted by molar-refractivity contribution is 5.89. The summed E-state index contributed by atoms with van der Waals surface area (Å²) in [5.74, 6) is 0.340. The molecule has 4 aromatic carbocycles. The standard InChI is InChI=1S/C33H32O4/c1-23(19-24-17-18-28-31(21-24)37-29-16-10-9-15-27(29)33(28)34)20-30(25-11-5-3-6-12-25)36-22-32(35-2)26-13-7-4-8-14-26/h3-18,21,23,30,32H,19-20,22H2,1-2H3. The Morgan fingerprint density at radius 2 is 1.35 bits per heavy atom. The van der Waals surface area contributed by atoms with Gasteiger partial charge in [-0.05, 0) is 59.7 Å². The third kappa shape index (κ3) is 5.82. The van der Waals surface area contributed by atoms with Gasteiger partial charge in [0.15, 0.2) is 0 Å². The van der Waals surface area contributed by atoms with Crippen LogP contribution in [0.1, 0.15) is 42.2 Å². The molecule has 0 amide bonds. The monoisotopic (exact) mass is 492 g/mol. The molecule has 4 heteroatoms. The first kappa shape index (κ1) is 24.9. The second-order valence-electron chi connectivity index (χ2n) is 9.67. The lowest BCUT2D eigenvalue weighted by Gasteiger charge is -2.25. The van der Waals surface area contributed by atoms with Crippen LogP contribution in [0.25, 0.3) is 21.9 Å². The number of para-hydroxylation sites is 1. The lowest BCUT2D eigenvalue weighted by Crippen LogP contribution is -2.16. The molecule has 0 bridgehead atoms. The van der Waals surface area contributed by atoms with Crippen molar-refractivity contribution >= 4 is 21.9 Å². The Labute approximate surface area is 217 Å². The number of fused-ring (bicyclic) bond motifs is 2. The molecule has 1 heterocycles. The van der Waals surface area contributed by atoms with E-state index in [2.05, 4.69) is 43.3 Å². The maximum atomic E-state index is 12.9. The summed E-state index contributed by atoms with van der Waals surface area (Å²) in [5.41, 5.74) is 4.68. The number of hydrogen-bond donors (Lipinski definition) is 0. The normalized spacial score (nSPS) is 14.0. The van der Waals surface area contributed by atoms with Gasteiger partial charge in [0.1, 0.15) is 17.3 Å². The predicted octanol–water partition coefficient (Wildman–Crippen LogP) is 7.66. The van der Waals surface area contributed by atoms with Crippen LogP contribution >= 0.6 is 0 Å². The fourth-order valence-corrected chi connectivity index (χ4v) is 4.96. The van der Waals surface area contributed by atoms with Gasteiger partial charge in [0.05, 0.1) is 23.5 Å². The van der Waals surface area contributed by atoms with Crippen molar-refractivity contribution in [2.75, 3.05) is 13.7 Å². The molecule has 4 nitrogen and oxygen atoms in total. The molecule has 3 unspecified atom stereocenters. The summed E-state index contributed by atoms with van der Waals surface area (Å²) in [4.78, 5) is 12.9. The smallest absolute Gasteiger partial charge is 0.200 e. The second-order valence-corrected chi connectivity index (χ2v) is 9.67. The van der Waals surface area contributed by atoms with Gasteiger partial charge in [-0.2, -0.15) is 0 Å². The van der Waals surface area contributed by atoms with Gasteiger partial charge in [-0.3, -0.25) is 4.79 Å². The second kappa shape index (κ2) is 11.5. The van der Waals surface area contributed by atoms with Crippen molar-refractivity contribution < 1.29 is 13.9 Å². The molecule has 0 radical (unpaired) electrons. The Morgan fingerprint density at radius 1 is 0.730 bits per heavy atom. The first-order valence-electron chi connectivity index (χ1n) is 12.8. The van der Waals surface area contributed by atoms with Gasteiger partial charge in [-0.25, -0.2) is 0 Å². The van der Waals surface area contributed by atoms with Crippen molar-refractivity contribution in [2.24, 2.45) is 5.92 Å². The van der Waals surface area contributed by atoms with Gasteiger partial charge >= 0.3 is 0 Å². The van der Waals surface area contributed by atoms with Crippen LogP contribution in [-0.2, 0) is 15.9 Å². The van der Waals surface area contributed by atoms with E-state index in [9.17, 15) is 4.79 Å². The Hall–Kier alpha value is -3.73. The third-order valence-electron chi connectivity index (χ3n) is 6.92. The third-order valence-corrected chi connectivity index (χ3v) is 6.92. The number of hydrogen-bond acceptors (Lipinski definition) is 4. The average Bonchev–Trinajstić information content (AvgIpc) is 2.94. The Balaban J connectivity index is 1.33. The molecule has 3 atom stereocenters. The van der Waals surface area contributed by atoms with E-state index in [0.717, 1.165) is 29.5 Å². The van der Waals surface area contributed by atoms with Crippen LogP contribution in [-0.4, -0.2) is 13.7 Å². The minimum absolute atomic E-state index is 0.0140. The molecule has 0 fully saturated rings. The Bertz CT molecular complexity index is 1510. The van der Waals surface area contributed by atoms with E-state index >= 15 is 0 Å². The van der Waals surface area contributed by atoms with Gasteiger partial charge in [-0.15, -0.1) is 0 Å². The van der Waals surface area contributed by atoms with E-state index in [1.807, 2.05) is 66.7 Å². The summed E-state index contributed by atoms with van der Waals surface area (Å²) in [6.07, 6.45) is 1.53. The quantitative estimate of drug-likeness (QED) is 0.188. The fraction of sp³-hybridized carbons (Fsp3) is 0.242. The molecular weight excluding hydrogens is 460 g/mol. The van der Waals surface area contributed by atoms with Crippen LogP contribution in [0.2, 0.25) is 0 Å². The maximum Gasteiger partial charge on any atom is 0.200 e. The van der Waals surface area contributed by atoms with Gasteiger partial charge in [0.25, 0.3) is 0 Å². The minimum Gasteiger partial charge on any atom is -0.456 e. The molecule has 188 valence electrons. The number of benzene rings is 4. The number of ether oxygens (including phenoxy) is 2. The molecule has 0 saturated carbocycles. The van der Waals surface area contributed by atoms with Gasteiger partial charge in [-0.1, -0.05) is 85.8 Å². The zero-order valence-corrected chi connectivity index (χ0v) is 21.3. The Morgan fingerprint density at radius 3 is 2.05 bits per heavy atom. The van der Waals surface area contributed by atoms with Crippen molar-refractivity contribution in [1.29, 1.82) is 0 Å². The molecule has 0 aliphatic heterocycles. The molecule has 37 heavy (non-hydrogen) atoms. The summed E-state index contributed by atoms with van der Waals surface area (Å²) in [6.45, 7) is 2.71. The summed E-state index contributed by atoms with van der Waals surface area (Å²) in [7, 11) is 1.72. The zero-order chi connectivity index (χ0) is 25.6. The highest BCUT2D eigenvalue weighted by Gasteiger charge is 2.20. The topological polar surface area (TPSA) is 48.7 Å². The molecule has 0 aliphatic carbocycles. The van der Waals surface area contributed by atoms with Crippen LogP contribution in [0.3, 0.4) is 0 Å². The highest BCUT2D eigenvalue weighted by atomic mass is 16.5. The lowest BCUT2D eigenvalue weighted by atomic mass is 9.92. The van der Waals surface area contributed by atoms with Crippen molar-refractivity contribution in [2.45, 2.75) is 32.0 Å². The maximum absolute atomic E-state index is 12.9. The number of methoxy groups -OCH3 is 1. The summed E-state index contributed by atoms with van der Waals surface area (Å²) in [5, 5.41) is 1.23. The van der Waals surface area contributed by atoms with E-state index in [4.69, 9.17) is 13.9 Å². The van der Waals surface area contributed by atoms with Crippen LogP contribution in [0.5, 0.6) is 0 Å². The first-order chi connectivity index (χ1) is 18.1. The SMILES string of the molecule is COC(COC(CC(C)Cc1ccc2c(=O)c3ccccc3oc2c1)c1ccccc1)c1ccccc1. The number of rotatable bonds is 10. The molecular formula is C33H32O4.